The largest absolute Gasteiger partial charge is 0.492 e. The predicted octanol–water partition coefficient (Wildman–Crippen LogP) is 2.29. The minimum Gasteiger partial charge on any atom is -0.492 e. The summed E-state index contributed by atoms with van der Waals surface area (Å²) in [6.07, 6.45) is 1.38. The number of likely N-dealkylation sites (N-methyl/N-ethyl adjacent to an activating group) is 1. The first-order valence-corrected chi connectivity index (χ1v) is 9.30. The summed E-state index contributed by atoms with van der Waals surface area (Å²) in [6, 6.07) is 7.53. The topological polar surface area (TPSA) is 49.9 Å². The molecule has 2 fully saturated rings. The Morgan fingerprint density at radius 3 is 3.04 bits per heavy atom. The molecule has 2 heterocycles. The molecule has 0 unspecified atom stereocenters. The number of aryl methyl sites for hydroxylation is 1. The van der Waals surface area contributed by atoms with Crippen LogP contribution >= 0.6 is 11.8 Å². The van der Waals surface area contributed by atoms with E-state index in [4.69, 9.17) is 4.74 Å². The average molecular weight is 348 g/mol. The highest BCUT2D eigenvalue weighted by Crippen LogP contribution is 2.47. The Bertz CT molecular complexity index is 651. The van der Waals surface area contributed by atoms with Gasteiger partial charge in [0.2, 0.25) is 11.8 Å². The Balaban J connectivity index is 1.54. The summed E-state index contributed by atoms with van der Waals surface area (Å²) in [4.78, 5) is 28.2. The van der Waals surface area contributed by atoms with Crippen molar-refractivity contribution in [2.75, 3.05) is 26.0 Å². The van der Waals surface area contributed by atoms with Crippen molar-refractivity contribution < 1.29 is 14.3 Å². The molecule has 2 amide bonds. The number of carbonyl (C=O) groups excluding carboxylic acids is 2. The van der Waals surface area contributed by atoms with Gasteiger partial charge >= 0.3 is 0 Å². The maximum Gasteiger partial charge on any atom is 0.246 e. The first-order valence-electron chi connectivity index (χ1n) is 8.31. The fourth-order valence-electron chi connectivity index (χ4n) is 3.37. The molecular weight excluding hydrogens is 324 g/mol. The highest BCUT2D eigenvalue weighted by molar-refractivity contribution is 8.01. The Morgan fingerprint density at radius 1 is 1.50 bits per heavy atom. The number of amides is 2. The summed E-state index contributed by atoms with van der Waals surface area (Å²) in [7, 11) is 1.78. The Morgan fingerprint density at radius 2 is 2.29 bits per heavy atom. The van der Waals surface area contributed by atoms with Gasteiger partial charge in [-0.25, -0.2) is 0 Å². The van der Waals surface area contributed by atoms with E-state index < -0.39 is 0 Å². The third-order valence-electron chi connectivity index (χ3n) is 4.79. The molecule has 0 aliphatic carbocycles. The van der Waals surface area contributed by atoms with Crippen molar-refractivity contribution in [3.05, 3.63) is 29.8 Å². The fourth-order valence-corrected chi connectivity index (χ4v) is 4.80. The molecule has 0 N–H and O–H groups in total. The molecule has 2 atom stereocenters. The van der Waals surface area contributed by atoms with Crippen LogP contribution in [0.15, 0.2) is 24.3 Å². The van der Waals surface area contributed by atoms with E-state index in [1.807, 2.05) is 31.2 Å². The minimum atomic E-state index is -0.334. The van der Waals surface area contributed by atoms with Gasteiger partial charge in [0, 0.05) is 19.2 Å². The van der Waals surface area contributed by atoms with Crippen LogP contribution in [0.2, 0.25) is 0 Å². The van der Waals surface area contributed by atoms with Gasteiger partial charge in [-0.1, -0.05) is 12.1 Å². The average Bonchev–Trinajstić information content (AvgIpc) is 3.03. The highest BCUT2D eigenvalue weighted by Gasteiger charge is 2.53. The van der Waals surface area contributed by atoms with Crippen LogP contribution in [0.1, 0.15) is 25.3 Å². The van der Waals surface area contributed by atoms with E-state index in [2.05, 4.69) is 6.92 Å². The molecular formula is C18H24N2O3S. The number of thioether (sulfide) groups is 1. The molecule has 2 saturated heterocycles. The van der Waals surface area contributed by atoms with E-state index in [1.54, 1.807) is 28.6 Å². The van der Waals surface area contributed by atoms with Gasteiger partial charge in [0.25, 0.3) is 0 Å². The number of ether oxygens (including phenoxy) is 1. The molecule has 5 nitrogen and oxygen atoms in total. The van der Waals surface area contributed by atoms with Crippen molar-refractivity contribution >= 4 is 23.6 Å². The highest BCUT2D eigenvalue weighted by atomic mass is 32.2. The van der Waals surface area contributed by atoms with Crippen LogP contribution in [-0.2, 0) is 9.59 Å². The number of fused-ring (bicyclic) bond motifs is 1. The molecule has 1 aromatic carbocycles. The quantitative estimate of drug-likeness (QED) is 0.819. The summed E-state index contributed by atoms with van der Waals surface area (Å²) in [6.45, 7) is 5.03. The molecule has 0 bridgehead atoms. The summed E-state index contributed by atoms with van der Waals surface area (Å²) < 4.78 is 5.72. The first kappa shape index (κ1) is 17.1. The zero-order valence-electron chi connectivity index (χ0n) is 14.4. The second-order valence-corrected chi connectivity index (χ2v) is 8.19. The second-order valence-electron chi connectivity index (χ2n) is 6.69. The van der Waals surface area contributed by atoms with E-state index in [0.29, 0.717) is 25.3 Å². The SMILES string of the molecule is Cc1cccc(OCCN(C)C(=O)[C@@H]2CS[C@@]3(C)CCC(=O)N23)c1. The predicted molar refractivity (Wildman–Crippen MR) is 95.0 cm³/mol. The van der Waals surface area contributed by atoms with Crippen LogP contribution in [0, 0.1) is 6.92 Å². The van der Waals surface area contributed by atoms with Crippen LogP contribution in [-0.4, -0.2) is 58.5 Å². The van der Waals surface area contributed by atoms with Crippen LogP contribution < -0.4 is 4.74 Å². The lowest BCUT2D eigenvalue weighted by molar-refractivity contribution is -0.143. The lowest BCUT2D eigenvalue weighted by Gasteiger charge is -2.31. The van der Waals surface area contributed by atoms with Gasteiger partial charge in [0.05, 0.1) is 11.4 Å². The molecule has 24 heavy (non-hydrogen) atoms. The van der Waals surface area contributed by atoms with Crippen LogP contribution in [0.3, 0.4) is 0 Å². The van der Waals surface area contributed by atoms with Crippen LogP contribution in [0.25, 0.3) is 0 Å². The summed E-state index contributed by atoms with van der Waals surface area (Å²) in [5.74, 6) is 1.61. The van der Waals surface area contributed by atoms with Gasteiger partial charge in [-0.2, -0.15) is 0 Å². The molecule has 2 aliphatic rings. The first-order chi connectivity index (χ1) is 11.4. The summed E-state index contributed by atoms with van der Waals surface area (Å²) in [5, 5.41) is 0. The smallest absolute Gasteiger partial charge is 0.246 e. The molecule has 0 radical (unpaired) electrons. The van der Waals surface area contributed by atoms with Gasteiger partial charge in [-0.15, -0.1) is 11.8 Å². The number of hydrogen-bond acceptors (Lipinski definition) is 4. The number of benzene rings is 1. The van der Waals surface area contributed by atoms with Crippen molar-refractivity contribution in [1.82, 2.24) is 9.80 Å². The molecule has 3 rings (SSSR count). The van der Waals surface area contributed by atoms with E-state index in [9.17, 15) is 9.59 Å². The monoisotopic (exact) mass is 348 g/mol. The number of nitrogens with zero attached hydrogens (tertiary/aromatic N) is 2. The maximum absolute atomic E-state index is 12.7. The van der Waals surface area contributed by atoms with Crippen LogP contribution in [0.4, 0.5) is 0 Å². The van der Waals surface area contributed by atoms with Crippen molar-refractivity contribution in [3.8, 4) is 5.75 Å². The van der Waals surface area contributed by atoms with Crippen molar-refractivity contribution in [1.29, 1.82) is 0 Å². The normalized spacial score (nSPS) is 25.7. The summed E-state index contributed by atoms with van der Waals surface area (Å²) >= 11 is 1.72. The van der Waals surface area contributed by atoms with Crippen molar-refractivity contribution in [2.45, 2.75) is 37.6 Å². The van der Waals surface area contributed by atoms with Crippen LogP contribution in [0.5, 0.6) is 5.75 Å². The molecule has 0 aromatic heterocycles. The molecule has 130 valence electrons. The van der Waals surface area contributed by atoms with E-state index in [0.717, 1.165) is 17.7 Å². The summed E-state index contributed by atoms with van der Waals surface area (Å²) in [5.41, 5.74) is 1.15. The van der Waals surface area contributed by atoms with E-state index in [-0.39, 0.29) is 22.7 Å². The second kappa shape index (κ2) is 6.67. The van der Waals surface area contributed by atoms with Gasteiger partial charge in [-0.05, 0) is 38.0 Å². The molecule has 6 heteroatoms. The Kier molecular flexibility index (Phi) is 4.76. The zero-order chi connectivity index (χ0) is 17.3. The standard InChI is InChI=1S/C18H24N2O3S/c1-13-5-4-6-14(11-13)23-10-9-19(3)17(22)15-12-24-18(2)8-7-16(21)20(15)18/h4-6,11,15H,7-10,12H2,1-3H3/t15-,18-/m0/s1. The Hall–Kier alpha value is -1.69. The third-order valence-corrected chi connectivity index (χ3v) is 6.30. The number of carbonyl (C=O) groups is 2. The van der Waals surface area contributed by atoms with Gasteiger partial charge < -0.3 is 14.5 Å². The molecule has 2 aliphatic heterocycles. The van der Waals surface area contributed by atoms with Gasteiger partial charge in [0.1, 0.15) is 18.4 Å². The van der Waals surface area contributed by atoms with Gasteiger partial charge in [-0.3, -0.25) is 9.59 Å². The maximum atomic E-state index is 12.7. The Labute approximate surface area is 147 Å². The van der Waals surface area contributed by atoms with Gasteiger partial charge in [0.15, 0.2) is 0 Å². The van der Waals surface area contributed by atoms with E-state index in [1.165, 1.54) is 0 Å². The zero-order valence-corrected chi connectivity index (χ0v) is 15.3. The third kappa shape index (κ3) is 3.24. The number of rotatable bonds is 5. The lowest BCUT2D eigenvalue weighted by Crippen LogP contribution is -2.51. The molecule has 0 spiro atoms. The van der Waals surface area contributed by atoms with Crippen molar-refractivity contribution in [2.24, 2.45) is 0 Å². The van der Waals surface area contributed by atoms with E-state index >= 15 is 0 Å². The lowest BCUT2D eigenvalue weighted by atomic mass is 10.2. The molecule has 1 aromatic rings. The molecule has 0 saturated carbocycles. The minimum absolute atomic E-state index is 0.00863. The number of hydrogen-bond donors (Lipinski definition) is 0. The fraction of sp³-hybridized carbons (Fsp3) is 0.556. The van der Waals surface area contributed by atoms with Crippen molar-refractivity contribution in [3.63, 3.8) is 0 Å².